The van der Waals surface area contributed by atoms with Crippen LogP contribution in [0.15, 0.2) is 43.1 Å². The molecule has 0 amide bonds. The standard InChI is InChI=1S/2C6H6O4.2C4H8O2/c2*7-2-4-1-5(8)6(9)3-10-4;2*1-2-3-4(5)6/h2*1,3,7,9H,2H2;2*2-3H2,1H3,(H,5,6). The number of aliphatic hydroxyl groups is 2. The Labute approximate surface area is 182 Å². The van der Waals surface area contributed by atoms with E-state index in [4.69, 9.17) is 30.6 Å². The zero-order valence-electron chi connectivity index (χ0n) is 17.7. The molecule has 0 bridgehead atoms. The van der Waals surface area contributed by atoms with Gasteiger partial charge in [0, 0.05) is 25.0 Å². The summed E-state index contributed by atoms with van der Waals surface area (Å²) >= 11 is 0. The van der Waals surface area contributed by atoms with Crippen LogP contribution in [0, 0.1) is 0 Å². The summed E-state index contributed by atoms with van der Waals surface area (Å²) in [5.74, 6) is -2.03. The van der Waals surface area contributed by atoms with Gasteiger partial charge >= 0.3 is 11.9 Å². The SMILES string of the molecule is CCCC(=O)O.CCCC(=O)O.O=c1cc(CO)occ1O.O=c1cc(CO)occ1O. The Morgan fingerprint density at radius 2 is 1.06 bits per heavy atom. The van der Waals surface area contributed by atoms with E-state index in [1.54, 1.807) is 0 Å². The van der Waals surface area contributed by atoms with Gasteiger partial charge in [0.25, 0.3) is 0 Å². The van der Waals surface area contributed by atoms with Crippen LogP contribution in [0.3, 0.4) is 0 Å². The molecule has 2 aromatic heterocycles. The highest BCUT2D eigenvalue weighted by Gasteiger charge is 1.99. The summed E-state index contributed by atoms with van der Waals surface area (Å²) in [4.78, 5) is 40.4. The summed E-state index contributed by atoms with van der Waals surface area (Å²) in [5.41, 5.74) is -1.09. The molecule has 0 atom stereocenters. The molecule has 0 spiro atoms. The number of hydrogen-bond acceptors (Lipinski definition) is 10. The first kappa shape index (κ1) is 30.6. The second-order valence-electron chi connectivity index (χ2n) is 5.80. The fourth-order valence-corrected chi connectivity index (χ4v) is 1.48. The van der Waals surface area contributed by atoms with Crippen LogP contribution in [0.2, 0.25) is 0 Å². The molecular formula is C20H28O12. The van der Waals surface area contributed by atoms with Gasteiger partial charge in [-0.25, -0.2) is 0 Å². The average molecular weight is 460 g/mol. The van der Waals surface area contributed by atoms with Crippen LogP contribution >= 0.6 is 0 Å². The third-order valence-corrected chi connectivity index (χ3v) is 2.97. The van der Waals surface area contributed by atoms with E-state index >= 15 is 0 Å². The first-order valence-electron chi connectivity index (χ1n) is 9.28. The minimum Gasteiger partial charge on any atom is -0.502 e. The highest BCUT2D eigenvalue weighted by molar-refractivity contribution is 5.66. The maximum absolute atomic E-state index is 10.6. The topological polar surface area (TPSA) is 216 Å². The second kappa shape index (κ2) is 18.2. The van der Waals surface area contributed by atoms with Gasteiger partial charge in [0.15, 0.2) is 11.5 Å². The number of hydrogen-bond donors (Lipinski definition) is 6. The van der Waals surface area contributed by atoms with Gasteiger partial charge in [-0.15, -0.1) is 0 Å². The summed E-state index contributed by atoms with van der Waals surface area (Å²) in [6.07, 6.45) is 3.84. The van der Waals surface area contributed by atoms with Crippen LogP contribution in [-0.4, -0.2) is 42.6 Å². The Morgan fingerprint density at radius 1 is 0.750 bits per heavy atom. The molecule has 32 heavy (non-hydrogen) atoms. The Balaban J connectivity index is 0. The Kier molecular flexibility index (Phi) is 17.3. The van der Waals surface area contributed by atoms with Gasteiger partial charge in [-0.2, -0.15) is 0 Å². The molecule has 0 unspecified atom stereocenters. The van der Waals surface area contributed by atoms with Crippen molar-refractivity contribution in [2.24, 2.45) is 0 Å². The number of carbonyl (C=O) groups is 2. The fourth-order valence-electron chi connectivity index (χ4n) is 1.48. The van der Waals surface area contributed by atoms with Crippen molar-refractivity contribution in [1.82, 2.24) is 0 Å². The molecule has 2 heterocycles. The van der Waals surface area contributed by atoms with Crippen molar-refractivity contribution in [2.75, 3.05) is 0 Å². The quantitative estimate of drug-likeness (QED) is 0.361. The van der Waals surface area contributed by atoms with E-state index < -0.39 is 34.3 Å². The number of aromatic hydroxyl groups is 2. The van der Waals surface area contributed by atoms with E-state index in [0.717, 1.165) is 37.5 Å². The number of carboxylic acids is 2. The highest BCUT2D eigenvalue weighted by atomic mass is 16.4. The first-order chi connectivity index (χ1) is 15.0. The molecule has 2 aromatic rings. The first-order valence-corrected chi connectivity index (χ1v) is 9.28. The molecule has 6 N–H and O–H groups in total. The molecule has 12 nitrogen and oxygen atoms in total. The highest BCUT2D eigenvalue weighted by Crippen LogP contribution is 2.02. The fraction of sp³-hybridized carbons (Fsp3) is 0.400. The van der Waals surface area contributed by atoms with Crippen LogP contribution in [0.5, 0.6) is 11.5 Å². The van der Waals surface area contributed by atoms with Gasteiger partial charge in [-0.3, -0.25) is 19.2 Å². The van der Waals surface area contributed by atoms with Gasteiger partial charge in [0.2, 0.25) is 10.9 Å². The van der Waals surface area contributed by atoms with Crippen molar-refractivity contribution in [3.05, 3.63) is 56.6 Å². The molecule has 180 valence electrons. The summed E-state index contributed by atoms with van der Waals surface area (Å²) in [7, 11) is 0. The Bertz CT molecular complexity index is 838. The number of rotatable bonds is 6. The van der Waals surface area contributed by atoms with E-state index in [-0.39, 0.29) is 24.7 Å². The monoisotopic (exact) mass is 460 g/mol. The summed E-state index contributed by atoms with van der Waals surface area (Å²) in [6.45, 7) is 3.01. The smallest absolute Gasteiger partial charge is 0.303 e. The van der Waals surface area contributed by atoms with E-state index in [9.17, 15) is 19.2 Å². The molecule has 0 aliphatic carbocycles. The lowest BCUT2D eigenvalue weighted by Crippen LogP contribution is -1.99. The molecule has 0 fully saturated rings. The van der Waals surface area contributed by atoms with Gasteiger partial charge < -0.3 is 39.5 Å². The van der Waals surface area contributed by atoms with Crippen LogP contribution in [0.4, 0.5) is 0 Å². The third-order valence-electron chi connectivity index (χ3n) is 2.97. The van der Waals surface area contributed by atoms with Crippen molar-refractivity contribution in [3.63, 3.8) is 0 Å². The molecule has 0 aliphatic heterocycles. The Hall–Kier alpha value is -3.64. The molecular weight excluding hydrogens is 432 g/mol. The predicted octanol–water partition coefficient (Wildman–Crippen LogP) is 1.42. The Morgan fingerprint density at radius 3 is 1.22 bits per heavy atom. The summed E-state index contributed by atoms with van der Waals surface area (Å²) in [5, 5.41) is 50.0. The number of carboxylic acid groups (broad SMARTS) is 2. The number of aliphatic carboxylic acids is 2. The zero-order chi connectivity index (χ0) is 25.1. The molecule has 0 saturated carbocycles. The minimum atomic E-state index is -0.711. The van der Waals surface area contributed by atoms with Crippen molar-refractivity contribution in [2.45, 2.75) is 52.7 Å². The molecule has 0 saturated heterocycles. The largest absolute Gasteiger partial charge is 0.502 e. The van der Waals surface area contributed by atoms with E-state index in [1.807, 2.05) is 13.8 Å². The predicted molar refractivity (Wildman–Crippen MR) is 110 cm³/mol. The summed E-state index contributed by atoms with van der Waals surface area (Å²) in [6, 6.07) is 2.07. The molecule has 2 rings (SSSR count). The third kappa shape index (κ3) is 16.2. The maximum atomic E-state index is 10.6. The lowest BCUT2D eigenvalue weighted by atomic mass is 10.4. The molecule has 0 radical (unpaired) electrons. The second-order valence-corrected chi connectivity index (χ2v) is 5.80. The van der Waals surface area contributed by atoms with E-state index in [1.165, 1.54) is 0 Å². The van der Waals surface area contributed by atoms with Gasteiger partial charge in [-0.05, 0) is 12.8 Å². The van der Waals surface area contributed by atoms with Crippen LogP contribution in [0.1, 0.15) is 51.1 Å². The van der Waals surface area contributed by atoms with Gasteiger partial charge in [0.1, 0.15) is 37.3 Å². The lowest BCUT2D eigenvalue weighted by molar-refractivity contribution is -0.138. The van der Waals surface area contributed by atoms with Crippen molar-refractivity contribution in [3.8, 4) is 11.5 Å². The average Bonchev–Trinajstić information content (AvgIpc) is 2.73. The van der Waals surface area contributed by atoms with Crippen LogP contribution in [-0.2, 0) is 22.8 Å². The normalized spacial score (nSPS) is 9.12. The minimum absolute atomic E-state index is 0.141. The number of aliphatic hydroxyl groups excluding tert-OH is 2. The van der Waals surface area contributed by atoms with E-state index in [0.29, 0.717) is 12.8 Å². The molecule has 0 aromatic carbocycles. The molecule has 12 heteroatoms. The van der Waals surface area contributed by atoms with Crippen molar-refractivity contribution >= 4 is 11.9 Å². The molecule has 0 aliphatic rings. The van der Waals surface area contributed by atoms with Gasteiger partial charge in [0.05, 0.1) is 0 Å². The maximum Gasteiger partial charge on any atom is 0.303 e. The van der Waals surface area contributed by atoms with Crippen molar-refractivity contribution in [1.29, 1.82) is 0 Å². The van der Waals surface area contributed by atoms with Crippen molar-refractivity contribution < 1.29 is 49.1 Å². The lowest BCUT2D eigenvalue weighted by Gasteiger charge is -1.92. The van der Waals surface area contributed by atoms with E-state index in [2.05, 4.69) is 8.83 Å². The zero-order valence-corrected chi connectivity index (χ0v) is 17.7. The van der Waals surface area contributed by atoms with Crippen LogP contribution in [0.25, 0.3) is 0 Å². The summed E-state index contributed by atoms with van der Waals surface area (Å²) < 4.78 is 9.18. The van der Waals surface area contributed by atoms with Gasteiger partial charge in [-0.1, -0.05) is 13.8 Å². The van der Waals surface area contributed by atoms with Crippen LogP contribution < -0.4 is 10.9 Å².